The van der Waals surface area contributed by atoms with Gasteiger partial charge in [0.2, 0.25) is 0 Å². The van der Waals surface area contributed by atoms with Crippen LogP contribution >= 0.6 is 0 Å². The summed E-state index contributed by atoms with van der Waals surface area (Å²) in [4.78, 5) is 17.6. The molecule has 2 aliphatic rings. The van der Waals surface area contributed by atoms with Gasteiger partial charge in [-0.05, 0) is 25.2 Å². The smallest absolute Gasteiger partial charge is 0.255 e. The van der Waals surface area contributed by atoms with Gasteiger partial charge in [-0.1, -0.05) is 6.07 Å². The molecule has 180 valence electrons. The Hall–Kier alpha value is -2.98. The van der Waals surface area contributed by atoms with Gasteiger partial charge in [-0.25, -0.2) is 23.1 Å². The van der Waals surface area contributed by atoms with Crippen LogP contribution in [0.5, 0.6) is 0 Å². The molecular weight excluding hydrogens is 443 g/mol. The number of nitrogens with zero attached hydrogens (tertiary/aromatic N) is 5. The van der Waals surface area contributed by atoms with Crippen molar-refractivity contribution in [2.75, 3.05) is 63.1 Å². The van der Waals surface area contributed by atoms with Crippen molar-refractivity contribution in [1.82, 2.24) is 25.2 Å². The lowest BCUT2D eigenvalue weighted by Gasteiger charge is -2.34. The van der Waals surface area contributed by atoms with E-state index in [4.69, 9.17) is 0 Å². The van der Waals surface area contributed by atoms with Crippen LogP contribution in [0.1, 0.15) is 6.42 Å². The molecule has 0 bridgehead atoms. The summed E-state index contributed by atoms with van der Waals surface area (Å²) < 4.78 is 43.7. The number of pyridine rings is 1. The van der Waals surface area contributed by atoms with E-state index in [-0.39, 0.29) is 25.3 Å². The molecule has 1 unspecified atom stereocenters. The summed E-state index contributed by atoms with van der Waals surface area (Å²) in [5.74, 6) is -3.56. The largest absolute Gasteiger partial charge is 0.368 e. The minimum Gasteiger partial charge on any atom is -0.368 e. The number of alkyl halides is 2. The average Bonchev–Trinajstić information content (AvgIpc) is 2.83. The van der Waals surface area contributed by atoms with Crippen molar-refractivity contribution in [2.45, 2.75) is 12.3 Å². The number of benzene rings is 1. The van der Waals surface area contributed by atoms with Crippen molar-refractivity contribution in [3.05, 3.63) is 42.5 Å². The SMILES string of the molecule is CN1CCN(c2ccc(-c3cc4nccnc4c(NCC4CNCCC4(F)F)n3)cc2F)CC1. The van der Waals surface area contributed by atoms with Gasteiger partial charge in [-0.3, -0.25) is 4.98 Å². The molecule has 0 radical (unpaired) electrons. The molecule has 2 aromatic heterocycles. The number of likely N-dealkylation sites (N-methyl/N-ethyl adjacent to an activating group) is 1. The van der Waals surface area contributed by atoms with Gasteiger partial charge in [0.15, 0.2) is 5.82 Å². The fraction of sp³-hybridized carbons (Fsp3) is 0.458. The highest BCUT2D eigenvalue weighted by Gasteiger charge is 2.41. The predicted molar refractivity (Wildman–Crippen MR) is 127 cm³/mol. The molecule has 0 aliphatic carbocycles. The van der Waals surface area contributed by atoms with Gasteiger partial charge in [0.25, 0.3) is 5.92 Å². The standard InChI is InChI=1S/C24H28F3N7/c1-33-8-10-34(11-9-33)21-3-2-16(12-18(21)25)19-13-20-22(30-7-6-29-20)23(32-19)31-15-17-14-28-5-4-24(17,26)27/h2-3,6-7,12-13,17,28H,4-5,8-11,14-15H2,1H3,(H,31,32). The van der Waals surface area contributed by atoms with Gasteiger partial charge in [0.05, 0.1) is 22.8 Å². The van der Waals surface area contributed by atoms with E-state index in [1.807, 2.05) is 11.0 Å². The number of hydrogen-bond acceptors (Lipinski definition) is 7. The molecule has 3 aromatic rings. The second-order valence-corrected chi connectivity index (χ2v) is 9.03. The number of hydrogen-bond donors (Lipinski definition) is 2. The van der Waals surface area contributed by atoms with E-state index in [9.17, 15) is 8.78 Å². The number of halogens is 3. The summed E-state index contributed by atoms with van der Waals surface area (Å²) in [7, 11) is 2.06. The van der Waals surface area contributed by atoms with Crippen molar-refractivity contribution >= 4 is 22.5 Å². The minimum atomic E-state index is -2.75. The van der Waals surface area contributed by atoms with Gasteiger partial charge in [0, 0.05) is 70.2 Å². The van der Waals surface area contributed by atoms with Crippen LogP contribution in [0.4, 0.5) is 24.7 Å². The highest BCUT2D eigenvalue weighted by atomic mass is 19.3. The zero-order valence-electron chi connectivity index (χ0n) is 19.1. The Kier molecular flexibility index (Phi) is 6.26. The van der Waals surface area contributed by atoms with E-state index in [1.54, 1.807) is 18.3 Å². The van der Waals surface area contributed by atoms with Crippen LogP contribution in [-0.2, 0) is 0 Å². The molecule has 2 saturated heterocycles. The summed E-state index contributed by atoms with van der Waals surface area (Å²) in [6, 6.07) is 6.83. The lowest BCUT2D eigenvalue weighted by atomic mass is 9.95. The second-order valence-electron chi connectivity index (χ2n) is 9.03. The zero-order valence-corrected chi connectivity index (χ0v) is 19.1. The minimum absolute atomic E-state index is 0.0405. The number of fused-ring (bicyclic) bond motifs is 1. The normalized spacial score (nSPS) is 21.1. The van der Waals surface area contributed by atoms with E-state index in [1.165, 1.54) is 12.3 Å². The first kappa shape index (κ1) is 22.8. The number of piperazine rings is 1. The van der Waals surface area contributed by atoms with Crippen LogP contribution in [-0.4, -0.2) is 78.6 Å². The zero-order chi connectivity index (χ0) is 23.7. The Labute approximate surface area is 196 Å². The Morgan fingerprint density at radius 3 is 2.68 bits per heavy atom. The van der Waals surface area contributed by atoms with Crippen LogP contribution in [0.3, 0.4) is 0 Å². The highest BCUT2D eigenvalue weighted by Crippen LogP contribution is 2.32. The number of nitrogens with one attached hydrogen (secondary N) is 2. The van der Waals surface area contributed by atoms with Crippen molar-refractivity contribution in [1.29, 1.82) is 0 Å². The average molecular weight is 472 g/mol. The molecule has 5 rings (SSSR count). The molecular formula is C24H28F3N7. The molecule has 4 heterocycles. The number of piperidine rings is 1. The van der Waals surface area contributed by atoms with E-state index in [0.29, 0.717) is 40.3 Å². The Bertz CT molecular complexity index is 1160. The molecule has 2 aliphatic heterocycles. The molecule has 1 atom stereocenters. The van der Waals surface area contributed by atoms with Crippen molar-refractivity contribution in [3.63, 3.8) is 0 Å². The number of rotatable bonds is 5. The quantitative estimate of drug-likeness (QED) is 0.592. The third-order valence-electron chi connectivity index (χ3n) is 6.68. The monoisotopic (exact) mass is 471 g/mol. The molecule has 0 saturated carbocycles. The molecule has 0 spiro atoms. The molecule has 2 N–H and O–H groups in total. The third kappa shape index (κ3) is 4.65. The number of anilines is 2. The summed E-state index contributed by atoms with van der Waals surface area (Å²) in [5.41, 5.74) is 2.73. The third-order valence-corrected chi connectivity index (χ3v) is 6.68. The molecule has 1 aromatic carbocycles. The van der Waals surface area contributed by atoms with Crippen molar-refractivity contribution in [3.8, 4) is 11.3 Å². The van der Waals surface area contributed by atoms with Crippen LogP contribution in [0.15, 0.2) is 36.7 Å². The molecule has 2 fully saturated rings. The van der Waals surface area contributed by atoms with Crippen LogP contribution in [0.25, 0.3) is 22.3 Å². The van der Waals surface area contributed by atoms with Crippen LogP contribution in [0, 0.1) is 11.7 Å². The summed E-state index contributed by atoms with van der Waals surface area (Å²) in [6.45, 7) is 3.88. The maximum atomic E-state index is 15.1. The van der Waals surface area contributed by atoms with Crippen LogP contribution in [0.2, 0.25) is 0 Å². The van der Waals surface area contributed by atoms with E-state index < -0.39 is 11.8 Å². The van der Waals surface area contributed by atoms with Gasteiger partial charge in [-0.2, -0.15) is 0 Å². The lowest BCUT2D eigenvalue weighted by molar-refractivity contribution is -0.0728. The lowest BCUT2D eigenvalue weighted by Crippen LogP contribution is -2.47. The fourth-order valence-corrected chi connectivity index (χ4v) is 4.54. The van der Waals surface area contributed by atoms with E-state index in [0.717, 1.165) is 26.2 Å². The maximum Gasteiger partial charge on any atom is 0.255 e. The maximum absolute atomic E-state index is 15.1. The first-order valence-electron chi connectivity index (χ1n) is 11.6. The highest BCUT2D eigenvalue weighted by molar-refractivity contribution is 5.88. The Balaban J connectivity index is 1.43. The second kappa shape index (κ2) is 9.34. The summed E-state index contributed by atoms with van der Waals surface area (Å²) in [6.07, 6.45) is 2.91. The fourth-order valence-electron chi connectivity index (χ4n) is 4.54. The van der Waals surface area contributed by atoms with Gasteiger partial charge < -0.3 is 20.4 Å². The van der Waals surface area contributed by atoms with Gasteiger partial charge in [-0.15, -0.1) is 0 Å². The Morgan fingerprint density at radius 1 is 1.12 bits per heavy atom. The van der Waals surface area contributed by atoms with Crippen LogP contribution < -0.4 is 15.5 Å². The topological polar surface area (TPSA) is 69.2 Å². The summed E-state index contributed by atoms with van der Waals surface area (Å²) >= 11 is 0. The Morgan fingerprint density at radius 2 is 1.91 bits per heavy atom. The first-order valence-corrected chi connectivity index (χ1v) is 11.6. The molecule has 7 nitrogen and oxygen atoms in total. The predicted octanol–water partition coefficient (Wildman–Crippen LogP) is 3.24. The first-order chi connectivity index (χ1) is 16.4. The van der Waals surface area contributed by atoms with Crippen molar-refractivity contribution < 1.29 is 13.2 Å². The van der Waals surface area contributed by atoms with Crippen molar-refractivity contribution in [2.24, 2.45) is 5.92 Å². The van der Waals surface area contributed by atoms with Gasteiger partial charge >= 0.3 is 0 Å². The summed E-state index contributed by atoms with van der Waals surface area (Å²) in [5, 5.41) is 6.09. The molecule has 0 amide bonds. The number of aromatic nitrogens is 3. The van der Waals surface area contributed by atoms with E-state index >= 15 is 4.39 Å². The van der Waals surface area contributed by atoms with Gasteiger partial charge in [0.1, 0.15) is 11.3 Å². The van der Waals surface area contributed by atoms with E-state index in [2.05, 4.69) is 37.5 Å². The molecule has 10 heteroatoms. The molecule has 34 heavy (non-hydrogen) atoms.